The van der Waals surface area contributed by atoms with Crippen LogP contribution in [0.2, 0.25) is 0 Å². The Balaban J connectivity index is 1.84. The van der Waals surface area contributed by atoms with Gasteiger partial charge in [-0.25, -0.2) is 5.43 Å². The number of para-hydroxylation sites is 1. The summed E-state index contributed by atoms with van der Waals surface area (Å²) in [6, 6.07) is 18.0. The maximum atomic E-state index is 12.4. The van der Waals surface area contributed by atoms with Crippen LogP contribution in [0.5, 0.6) is 11.5 Å². The normalized spacial score (nSPS) is 10.9. The molecule has 0 aliphatic heterocycles. The number of ether oxygens (including phenoxy) is 1. The Kier molecular flexibility index (Phi) is 4.43. The maximum absolute atomic E-state index is 12.4. The number of hydrogen-bond acceptors (Lipinski definition) is 4. The maximum Gasteiger partial charge on any atom is 0.275 e. The second kappa shape index (κ2) is 6.83. The molecular formula is C19H16N2O3. The van der Waals surface area contributed by atoms with E-state index in [1.165, 1.54) is 13.3 Å². The Hall–Kier alpha value is -3.34. The lowest BCUT2D eigenvalue weighted by molar-refractivity contribution is 0.0952. The molecule has 3 aromatic carbocycles. The average molecular weight is 320 g/mol. The Morgan fingerprint density at radius 3 is 2.46 bits per heavy atom. The molecule has 0 saturated carbocycles. The summed E-state index contributed by atoms with van der Waals surface area (Å²) >= 11 is 0. The number of hydrogen-bond donors (Lipinski definition) is 2. The molecule has 0 heterocycles. The molecule has 0 bridgehead atoms. The molecule has 3 rings (SSSR count). The van der Waals surface area contributed by atoms with Gasteiger partial charge in [-0.15, -0.1) is 0 Å². The van der Waals surface area contributed by atoms with Gasteiger partial charge >= 0.3 is 0 Å². The minimum Gasteiger partial charge on any atom is -0.507 e. The number of nitrogens with zero attached hydrogens (tertiary/aromatic N) is 1. The van der Waals surface area contributed by atoms with Crippen molar-refractivity contribution in [2.75, 3.05) is 7.11 Å². The molecule has 0 radical (unpaired) electrons. The molecule has 5 heteroatoms. The molecule has 0 aliphatic carbocycles. The smallest absolute Gasteiger partial charge is 0.275 e. The van der Waals surface area contributed by atoms with Gasteiger partial charge in [0.2, 0.25) is 0 Å². The van der Waals surface area contributed by atoms with Crippen molar-refractivity contribution in [1.29, 1.82) is 0 Å². The predicted octanol–water partition coefficient (Wildman–Crippen LogP) is 3.32. The lowest BCUT2D eigenvalue weighted by Crippen LogP contribution is -2.18. The fourth-order valence-corrected chi connectivity index (χ4v) is 2.38. The van der Waals surface area contributed by atoms with Crippen molar-refractivity contribution in [1.82, 2.24) is 5.43 Å². The van der Waals surface area contributed by atoms with Crippen LogP contribution in [0.4, 0.5) is 0 Å². The van der Waals surface area contributed by atoms with E-state index < -0.39 is 0 Å². The van der Waals surface area contributed by atoms with Gasteiger partial charge in [0.05, 0.1) is 18.9 Å². The van der Waals surface area contributed by atoms with Gasteiger partial charge in [-0.1, -0.05) is 36.4 Å². The van der Waals surface area contributed by atoms with E-state index >= 15 is 0 Å². The number of amides is 1. The molecule has 5 nitrogen and oxygen atoms in total. The van der Waals surface area contributed by atoms with E-state index in [1.54, 1.807) is 30.3 Å². The van der Waals surface area contributed by atoms with Gasteiger partial charge in [0, 0.05) is 5.56 Å². The molecule has 0 aromatic heterocycles. The van der Waals surface area contributed by atoms with E-state index in [0.717, 1.165) is 10.8 Å². The summed E-state index contributed by atoms with van der Waals surface area (Å²) in [5.41, 5.74) is 3.36. The molecule has 1 amide bonds. The van der Waals surface area contributed by atoms with Crippen LogP contribution in [-0.2, 0) is 0 Å². The van der Waals surface area contributed by atoms with Crippen LogP contribution in [0.3, 0.4) is 0 Å². The highest BCUT2D eigenvalue weighted by Gasteiger charge is 2.13. The first-order valence-corrected chi connectivity index (χ1v) is 7.37. The van der Waals surface area contributed by atoms with Crippen molar-refractivity contribution in [2.45, 2.75) is 0 Å². The minimum absolute atomic E-state index is 0.0961. The first-order valence-electron chi connectivity index (χ1n) is 7.37. The zero-order valence-electron chi connectivity index (χ0n) is 13.1. The third-order valence-electron chi connectivity index (χ3n) is 3.62. The monoisotopic (exact) mass is 320 g/mol. The average Bonchev–Trinajstić information content (AvgIpc) is 2.62. The van der Waals surface area contributed by atoms with E-state index in [-0.39, 0.29) is 11.7 Å². The molecular weight excluding hydrogens is 304 g/mol. The number of nitrogens with one attached hydrogen (secondary N) is 1. The number of aromatic hydroxyl groups is 1. The van der Waals surface area contributed by atoms with Gasteiger partial charge in [-0.05, 0) is 35.0 Å². The molecule has 0 spiro atoms. The van der Waals surface area contributed by atoms with Crippen LogP contribution in [0.25, 0.3) is 10.8 Å². The third-order valence-corrected chi connectivity index (χ3v) is 3.62. The first-order chi connectivity index (χ1) is 11.7. The van der Waals surface area contributed by atoms with Gasteiger partial charge < -0.3 is 9.84 Å². The third kappa shape index (κ3) is 3.20. The zero-order chi connectivity index (χ0) is 16.9. The number of benzene rings is 3. The quantitative estimate of drug-likeness (QED) is 0.572. The van der Waals surface area contributed by atoms with Crippen LogP contribution in [0, 0.1) is 0 Å². The van der Waals surface area contributed by atoms with Crippen LogP contribution >= 0.6 is 0 Å². The summed E-state index contributed by atoms with van der Waals surface area (Å²) in [5, 5.41) is 15.5. The first kappa shape index (κ1) is 15.6. The topological polar surface area (TPSA) is 70.9 Å². The summed E-state index contributed by atoms with van der Waals surface area (Å²) in [4.78, 5) is 12.4. The minimum atomic E-state index is -0.385. The number of phenolic OH excluding ortho intramolecular Hbond substituents is 1. The van der Waals surface area contributed by atoms with E-state index in [4.69, 9.17) is 4.74 Å². The molecule has 0 atom stereocenters. The van der Waals surface area contributed by atoms with E-state index in [0.29, 0.717) is 16.9 Å². The van der Waals surface area contributed by atoms with Gasteiger partial charge in [0.15, 0.2) is 0 Å². The van der Waals surface area contributed by atoms with Crippen molar-refractivity contribution in [3.63, 3.8) is 0 Å². The van der Waals surface area contributed by atoms with Crippen molar-refractivity contribution < 1.29 is 14.6 Å². The predicted molar refractivity (Wildman–Crippen MR) is 93.7 cm³/mol. The lowest BCUT2D eigenvalue weighted by atomic mass is 10.1. The molecule has 3 aromatic rings. The number of fused-ring (bicyclic) bond motifs is 1. The molecule has 2 N–H and O–H groups in total. The van der Waals surface area contributed by atoms with Crippen LogP contribution in [0.1, 0.15) is 15.9 Å². The second-order valence-corrected chi connectivity index (χ2v) is 5.16. The number of phenols is 1. The number of methoxy groups -OCH3 is 1. The molecule has 24 heavy (non-hydrogen) atoms. The van der Waals surface area contributed by atoms with E-state index in [2.05, 4.69) is 10.5 Å². The highest BCUT2D eigenvalue weighted by Crippen LogP contribution is 2.25. The Morgan fingerprint density at radius 1 is 1.08 bits per heavy atom. The van der Waals surface area contributed by atoms with Gasteiger partial charge in [0.1, 0.15) is 11.5 Å². The van der Waals surface area contributed by atoms with Gasteiger partial charge in [-0.3, -0.25) is 4.79 Å². The van der Waals surface area contributed by atoms with Gasteiger partial charge in [0.25, 0.3) is 5.91 Å². The summed E-state index contributed by atoms with van der Waals surface area (Å²) in [5.74, 6) is 0.187. The molecule has 0 aliphatic rings. The SMILES string of the molecule is COc1cc2ccccc2cc1C(=O)N/N=C\c1ccccc1O. The van der Waals surface area contributed by atoms with E-state index in [1.807, 2.05) is 30.3 Å². The Labute approximate surface area is 139 Å². The van der Waals surface area contributed by atoms with Crippen LogP contribution in [0.15, 0.2) is 65.8 Å². The summed E-state index contributed by atoms with van der Waals surface area (Å²) < 4.78 is 5.31. The fourth-order valence-electron chi connectivity index (χ4n) is 2.38. The Bertz CT molecular complexity index is 919. The van der Waals surface area contributed by atoms with Crippen molar-refractivity contribution >= 4 is 22.9 Å². The number of carbonyl (C=O) groups excluding carboxylic acids is 1. The fraction of sp³-hybridized carbons (Fsp3) is 0.0526. The van der Waals surface area contributed by atoms with Crippen molar-refractivity contribution in [3.05, 3.63) is 71.8 Å². The number of hydrazone groups is 1. The zero-order valence-corrected chi connectivity index (χ0v) is 13.1. The molecule has 0 saturated heterocycles. The highest BCUT2D eigenvalue weighted by molar-refractivity contribution is 6.02. The molecule has 0 fully saturated rings. The van der Waals surface area contributed by atoms with Gasteiger partial charge in [-0.2, -0.15) is 5.10 Å². The van der Waals surface area contributed by atoms with Crippen LogP contribution in [-0.4, -0.2) is 24.3 Å². The largest absolute Gasteiger partial charge is 0.507 e. The standard InChI is InChI=1S/C19H16N2O3/c1-24-18-11-14-7-3-2-6-13(14)10-16(18)19(23)21-20-12-15-8-4-5-9-17(15)22/h2-12,22H,1H3,(H,21,23)/b20-12-. The summed E-state index contributed by atoms with van der Waals surface area (Å²) in [7, 11) is 1.52. The number of rotatable bonds is 4. The summed E-state index contributed by atoms with van der Waals surface area (Å²) in [6.07, 6.45) is 1.39. The number of carbonyl (C=O) groups is 1. The molecule has 0 unspecified atom stereocenters. The molecule has 120 valence electrons. The Morgan fingerprint density at radius 2 is 1.75 bits per heavy atom. The van der Waals surface area contributed by atoms with E-state index in [9.17, 15) is 9.90 Å². The van der Waals surface area contributed by atoms with Crippen LogP contribution < -0.4 is 10.2 Å². The lowest BCUT2D eigenvalue weighted by Gasteiger charge is -2.09. The second-order valence-electron chi connectivity index (χ2n) is 5.16. The van der Waals surface area contributed by atoms with Crippen molar-refractivity contribution in [2.24, 2.45) is 5.10 Å². The van der Waals surface area contributed by atoms with Crippen molar-refractivity contribution in [3.8, 4) is 11.5 Å². The highest BCUT2D eigenvalue weighted by atomic mass is 16.5. The summed E-state index contributed by atoms with van der Waals surface area (Å²) in [6.45, 7) is 0.